The second-order valence-electron chi connectivity index (χ2n) is 9.78. The summed E-state index contributed by atoms with van der Waals surface area (Å²) in [6, 6.07) is 3.80. The number of nitrogens with one attached hydrogen (secondary N) is 1. The Morgan fingerprint density at radius 2 is 2.15 bits per heavy atom. The van der Waals surface area contributed by atoms with Gasteiger partial charge in [0.15, 0.2) is 5.75 Å². The molecule has 2 aromatic rings. The zero-order valence-electron chi connectivity index (χ0n) is 19.1. The number of carbonyl (C=O) groups is 1. The van der Waals surface area contributed by atoms with E-state index in [1.54, 1.807) is 4.90 Å². The Morgan fingerprint density at radius 1 is 1.35 bits per heavy atom. The van der Waals surface area contributed by atoms with Gasteiger partial charge in [-0.2, -0.15) is 0 Å². The highest BCUT2D eigenvalue weighted by molar-refractivity contribution is 6.35. The fourth-order valence-corrected chi connectivity index (χ4v) is 5.63. The van der Waals surface area contributed by atoms with Crippen molar-refractivity contribution in [2.24, 2.45) is 5.92 Å². The van der Waals surface area contributed by atoms with Gasteiger partial charge >= 0.3 is 0 Å². The summed E-state index contributed by atoms with van der Waals surface area (Å²) in [5, 5.41) is 23.6. The van der Waals surface area contributed by atoms with Crippen LogP contribution in [0.4, 0.5) is 10.2 Å². The second-order valence-corrected chi connectivity index (χ2v) is 10.2. The number of phenols is 1. The van der Waals surface area contributed by atoms with Gasteiger partial charge in [0, 0.05) is 44.2 Å². The molecule has 8 nitrogen and oxygen atoms in total. The standard InChI is InChI=1S/C24H28ClFN4O4/c1-24(2)8-13(11-31)10-30(24)22-18-21(34-12-14-9-27-6-7-29(14)23(18)33)19(25)20(28-22)17-15(26)4-3-5-16(17)32/h3-5,13-14,27,31-32H,6-12H2,1-2H3. The minimum atomic E-state index is -0.684. The topological polar surface area (TPSA) is 98.2 Å². The summed E-state index contributed by atoms with van der Waals surface area (Å²) in [6.07, 6.45) is 0.689. The van der Waals surface area contributed by atoms with Crippen LogP contribution in [0.3, 0.4) is 0 Å². The van der Waals surface area contributed by atoms with Gasteiger partial charge < -0.3 is 30.1 Å². The van der Waals surface area contributed by atoms with Gasteiger partial charge in [0.25, 0.3) is 5.91 Å². The molecule has 0 aliphatic carbocycles. The van der Waals surface area contributed by atoms with Gasteiger partial charge in [-0.3, -0.25) is 4.79 Å². The third-order valence-corrected chi connectivity index (χ3v) is 7.37. The summed E-state index contributed by atoms with van der Waals surface area (Å²) in [7, 11) is 0. The number of rotatable bonds is 3. The highest BCUT2D eigenvalue weighted by Gasteiger charge is 2.44. The molecule has 3 N–H and O–H groups in total. The van der Waals surface area contributed by atoms with Crippen molar-refractivity contribution in [3.05, 3.63) is 34.6 Å². The Hall–Kier alpha value is -2.62. The molecule has 0 saturated carbocycles. The third-order valence-electron chi connectivity index (χ3n) is 7.02. The van der Waals surface area contributed by atoms with E-state index in [0.29, 0.717) is 38.4 Å². The van der Waals surface area contributed by atoms with E-state index in [4.69, 9.17) is 21.3 Å². The van der Waals surface area contributed by atoms with Crippen molar-refractivity contribution in [1.82, 2.24) is 15.2 Å². The number of carbonyl (C=O) groups excluding carboxylic acids is 1. The molecule has 0 bridgehead atoms. The van der Waals surface area contributed by atoms with Crippen molar-refractivity contribution >= 4 is 23.3 Å². The van der Waals surface area contributed by atoms with Crippen LogP contribution in [0, 0.1) is 11.7 Å². The lowest BCUT2D eigenvalue weighted by atomic mass is 9.96. The van der Waals surface area contributed by atoms with Crippen molar-refractivity contribution < 1.29 is 24.1 Å². The van der Waals surface area contributed by atoms with Crippen molar-refractivity contribution in [1.29, 1.82) is 0 Å². The van der Waals surface area contributed by atoms with E-state index in [1.165, 1.54) is 18.2 Å². The van der Waals surface area contributed by atoms with E-state index < -0.39 is 11.4 Å². The van der Waals surface area contributed by atoms with Gasteiger partial charge in [-0.15, -0.1) is 0 Å². The van der Waals surface area contributed by atoms with Crippen LogP contribution in [-0.2, 0) is 0 Å². The summed E-state index contributed by atoms with van der Waals surface area (Å²) in [6.45, 7) is 6.48. The molecule has 1 aromatic carbocycles. The molecule has 2 unspecified atom stereocenters. The molecular formula is C24H28ClFN4O4. The number of benzene rings is 1. The predicted octanol–water partition coefficient (Wildman–Crippen LogP) is 2.65. The molecule has 2 saturated heterocycles. The smallest absolute Gasteiger partial charge is 0.261 e. The highest BCUT2D eigenvalue weighted by atomic mass is 35.5. The zero-order valence-corrected chi connectivity index (χ0v) is 19.9. The normalized spacial score (nSPS) is 23.9. The van der Waals surface area contributed by atoms with E-state index in [2.05, 4.69) is 5.32 Å². The minimum absolute atomic E-state index is 0.000976. The maximum Gasteiger partial charge on any atom is 0.261 e. The first-order chi connectivity index (χ1) is 16.2. The molecule has 1 amide bonds. The summed E-state index contributed by atoms with van der Waals surface area (Å²) in [5.74, 6) is -0.779. The third kappa shape index (κ3) is 3.66. The number of hydrogen-bond donors (Lipinski definition) is 3. The number of hydrogen-bond acceptors (Lipinski definition) is 7. The number of aromatic nitrogens is 1. The number of aromatic hydroxyl groups is 1. The number of phenolic OH excluding ortho intramolecular Hbond substituents is 1. The lowest BCUT2D eigenvalue weighted by Crippen LogP contribution is -2.55. The first kappa shape index (κ1) is 23.1. The van der Waals surface area contributed by atoms with Gasteiger partial charge in [-0.05, 0) is 32.4 Å². The Kier molecular flexibility index (Phi) is 5.82. The molecule has 4 heterocycles. The van der Waals surface area contributed by atoms with Crippen LogP contribution in [0.2, 0.25) is 5.02 Å². The molecule has 2 atom stereocenters. The van der Waals surface area contributed by atoms with Gasteiger partial charge in [0.05, 0.1) is 11.6 Å². The molecule has 2 fully saturated rings. The van der Waals surface area contributed by atoms with Crippen LogP contribution in [-0.4, -0.2) is 77.0 Å². The molecule has 3 aliphatic rings. The first-order valence-electron chi connectivity index (χ1n) is 11.5. The number of ether oxygens (including phenoxy) is 1. The highest BCUT2D eigenvalue weighted by Crippen LogP contribution is 2.48. The van der Waals surface area contributed by atoms with Crippen molar-refractivity contribution in [3.63, 3.8) is 0 Å². The van der Waals surface area contributed by atoms with Crippen molar-refractivity contribution in [2.75, 3.05) is 44.3 Å². The first-order valence-corrected chi connectivity index (χ1v) is 11.8. The SMILES string of the molecule is CC1(C)CC(CO)CN1c1nc(-c2c(O)cccc2F)c(Cl)c2c1C(=O)N1CCNCC1CO2. The number of nitrogens with zero attached hydrogens (tertiary/aromatic N) is 3. The number of aliphatic hydroxyl groups is 1. The van der Waals surface area contributed by atoms with E-state index in [1.807, 2.05) is 18.7 Å². The van der Waals surface area contributed by atoms with Crippen LogP contribution in [0.5, 0.6) is 11.5 Å². The van der Waals surface area contributed by atoms with Crippen LogP contribution >= 0.6 is 11.6 Å². The number of amides is 1. The van der Waals surface area contributed by atoms with Gasteiger partial charge in [-0.25, -0.2) is 9.37 Å². The Labute approximate surface area is 202 Å². The summed E-state index contributed by atoms with van der Waals surface area (Å²) in [4.78, 5) is 22.3. The van der Waals surface area contributed by atoms with Gasteiger partial charge in [-0.1, -0.05) is 17.7 Å². The van der Waals surface area contributed by atoms with E-state index in [9.17, 15) is 19.4 Å². The number of pyridine rings is 1. The molecule has 5 rings (SSSR count). The average molecular weight is 491 g/mol. The molecule has 1 aromatic heterocycles. The summed E-state index contributed by atoms with van der Waals surface area (Å²) < 4.78 is 21.0. The van der Waals surface area contributed by atoms with E-state index in [0.717, 1.165) is 0 Å². The Bertz CT molecular complexity index is 1120. The molecular weight excluding hydrogens is 463 g/mol. The zero-order chi connectivity index (χ0) is 24.2. The lowest BCUT2D eigenvalue weighted by molar-refractivity contribution is 0.0606. The molecule has 10 heteroatoms. The Balaban J connectivity index is 1.77. The molecule has 3 aliphatic heterocycles. The number of anilines is 1. The number of aliphatic hydroxyl groups excluding tert-OH is 1. The molecule has 34 heavy (non-hydrogen) atoms. The van der Waals surface area contributed by atoms with Crippen LogP contribution in [0.15, 0.2) is 18.2 Å². The maximum atomic E-state index is 14.9. The van der Waals surface area contributed by atoms with Crippen LogP contribution in [0.25, 0.3) is 11.3 Å². The summed E-state index contributed by atoms with van der Waals surface area (Å²) in [5.41, 5.74) is -0.334. The van der Waals surface area contributed by atoms with Crippen LogP contribution < -0.4 is 15.0 Å². The lowest BCUT2D eigenvalue weighted by Gasteiger charge is -2.36. The largest absolute Gasteiger partial charge is 0.507 e. The quantitative estimate of drug-likeness (QED) is 0.608. The molecule has 0 radical (unpaired) electrons. The maximum absolute atomic E-state index is 14.9. The number of fused-ring (bicyclic) bond motifs is 2. The van der Waals surface area contributed by atoms with E-state index in [-0.39, 0.29) is 64.4 Å². The fourth-order valence-electron chi connectivity index (χ4n) is 5.35. The predicted molar refractivity (Wildman–Crippen MR) is 126 cm³/mol. The van der Waals surface area contributed by atoms with Gasteiger partial charge in [0.2, 0.25) is 0 Å². The van der Waals surface area contributed by atoms with E-state index >= 15 is 0 Å². The fraction of sp³-hybridized carbons (Fsp3) is 0.500. The summed E-state index contributed by atoms with van der Waals surface area (Å²) >= 11 is 6.74. The minimum Gasteiger partial charge on any atom is -0.507 e. The van der Waals surface area contributed by atoms with Crippen LogP contribution in [0.1, 0.15) is 30.6 Å². The monoisotopic (exact) mass is 490 g/mol. The van der Waals surface area contributed by atoms with Crippen molar-refractivity contribution in [3.8, 4) is 22.8 Å². The molecule has 182 valence electrons. The second kappa shape index (κ2) is 8.55. The number of halogens is 2. The molecule has 0 spiro atoms. The Morgan fingerprint density at radius 3 is 2.85 bits per heavy atom. The van der Waals surface area contributed by atoms with Gasteiger partial charge in [0.1, 0.15) is 40.3 Å². The van der Waals surface area contributed by atoms with Crippen molar-refractivity contribution in [2.45, 2.75) is 31.8 Å². The average Bonchev–Trinajstić information content (AvgIpc) is 3.03. The number of piperazine rings is 1.